The maximum absolute atomic E-state index is 12.8. The van der Waals surface area contributed by atoms with Crippen molar-refractivity contribution in [3.63, 3.8) is 0 Å². The van der Waals surface area contributed by atoms with Crippen LogP contribution in [0, 0.1) is 0 Å². The summed E-state index contributed by atoms with van der Waals surface area (Å²) in [5, 5.41) is 3.10. The van der Waals surface area contributed by atoms with Crippen molar-refractivity contribution in [2.75, 3.05) is 25.4 Å². The molecule has 0 bridgehead atoms. The Balaban J connectivity index is 1.93. The SMILES string of the molecule is CCN(CC)C(C(=O)NCCSc1ccccc1)c1ccccc1. The van der Waals surface area contributed by atoms with Crippen LogP contribution in [-0.4, -0.2) is 36.2 Å². The van der Waals surface area contributed by atoms with Crippen LogP contribution in [0.5, 0.6) is 0 Å². The summed E-state index contributed by atoms with van der Waals surface area (Å²) >= 11 is 1.76. The molecular formula is C20H26N2OS. The molecule has 2 aromatic rings. The number of carbonyl (C=O) groups excluding carboxylic acids is 1. The van der Waals surface area contributed by atoms with Crippen molar-refractivity contribution in [2.24, 2.45) is 0 Å². The Kier molecular flexibility index (Phi) is 7.86. The van der Waals surface area contributed by atoms with Crippen molar-refractivity contribution in [1.29, 1.82) is 0 Å². The molecule has 0 fully saturated rings. The van der Waals surface area contributed by atoms with Crippen LogP contribution in [0.15, 0.2) is 65.6 Å². The van der Waals surface area contributed by atoms with Crippen LogP contribution in [-0.2, 0) is 4.79 Å². The Labute approximate surface area is 149 Å². The van der Waals surface area contributed by atoms with Crippen molar-refractivity contribution >= 4 is 17.7 Å². The maximum Gasteiger partial charge on any atom is 0.241 e. The Bertz CT molecular complexity index is 600. The fraction of sp³-hybridized carbons (Fsp3) is 0.350. The van der Waals surface area contributed by atoms with Gasteiger partial charge in [0.2, 0.25) is 5.91 Å². The highest BCUT2D eigenvalue weighted by Gasteiger charge is 2.25. The number of hydrogen-bond acceptors (Lipinski definition) is 3. The van der Waals surface area contributed by atoms with Crippen LogP contribution >= 0.6 is 11.8 Å². The summed E-state index contributed by atoms with van der Waals surface area (Å²) in [6.45, 7) is 6.56. The number of hydrogen-bond donors (Lipinski definition) is 1. The number of rotatable bonds is 9. The monoisotopic (exact) mass is 342 g/mol. The van der Waals surface area contributed by atoms with Crippen LogP contribution in [0.3, 0.4) is 0 Å². The molecule has 2 rings (SSSR count). The molecule has 1 atom stereocenters. The lowest BCUT2D eigenvalue weighted by Crippen LogP contribution is -2.41. The van der Waals surface area contributed by atoms with Crippen molar-refractivity contribution < 1.29 is 4.79 Å². The third kappa shape index (κ3) is 5.39. The smallest absolute Gasteiger partial charge is 0.241 e. The van der Waals surface area contributed by atoms with Crippen LogP contribution in [0.1, 0.15) is 25.5 Å². The Morgan fingerprint density at radius 2 is 1.58 bits per heavy atom. The molecule has 128 valence electrons. The predicted molar refractivity (Wildman–Crippen MR) is 102 cm³/mol. The van der Waals surface area contributed by atoms with Gasteiger partial charge in [-0.25, -0.2) is 0 Å². The molecular weight excluding hydrogens is 316 g/mol. The second kappa shape index (κ2) is 10.2. The molecule has 4 heteroatoms. The first-order valence-electron chi connectivity index (χ1n) is 8.50. The van der Waals surface area contributed by atoms with Crippen molar-refractivity contribution in [1.82, 2.24) is 10.2 Å². The fourth-order valence-electron chi connectivity index (χ4n) is 2.71. The van der Waals surface area contributed by atoms with E-state index in [4.69, 9.17) is 0 Å². The average Bonchev–Trinajstić information content (AvgIpc) is 2.64. The standard InChI is InChI=1S/C20H26N2OS/c1-3-22(4-2)19(17-11-7-5-8-12-17)20(23)21-15-16-24-18-13-9-6-10-14-18/h5-14,19H,3-4,15-16H2,1-2H3,(H,21,23). The van der Waals surface area contributed by atoms with Gasteiger partial charge in [0.05, 0.1) is 0 Å². The zero-order valence-electron chi connectivity index (χ0n) is 14.4. The molecule has 0 spiro atoms. The van der Waals surface area contributed by atoms with Gasteiger partial charge in [0.1, 0.15) is 6.04 Å². The topological polar surface area (TPSA) is 32.3 Å². The molecule has 0 saturated heterocycles. The predicted octanol–water partition coefficient (Wildman–Crippen LogP) is 3.98. The van der Waals surface area contributed by atoms with Gasteiger partial charge in [-0.2, -0.15) is 0 Å². The molecule has 0 heterocycles. The van der Waals surface area contributed by atoms with Gasteiger partial charge in [0.15, 0.2) is 0 Å². The summed E-state index contributed by atoms with van der Waals surface area (Å²) in [7, 11) is 0. The fourth-order valence-corrected chi connectivity index (χ4v) is 3.50. The van der Waals surface area contributed by atoms with Gasteiger partial charge in [0, 0.05) is 17.2 Å². The van der Waals surface area contributed by atoms with E-state index in [0.29, 0.717) is 6.54 Å². The van der Waals surface area contributed by atoms with Gasteiger partial charge in [-0.15, -0.1) is 11.8 Å². The lowest BCUT2D eigenvalue weighted by molar-refractivity contribution is -0.126. The summed E-state index contributed by atoms with van der Waals surface area (Å²) in [4.78, 5) is 16.2. The highest BCUT2D eigenvalue weighted by atomic mass is 32.2. The number of benzene rings is 2. The number of carbonyl (C=O) groups is 1. The van der Waals surface area contributed by atoms with Gasteiger partial charge >= 0.3 is 0 Å². The van der Waals surface area contributed by atoms with Crippen molar-refractivity contribution in [3.8, 4) is 0 Å². The summed E-state index contributed by atoms with van der Waals surface area (Å²) in [6, 6.07) is 20.1. The van der Waals surface area contributed by atoms with Crippen LogP contribution in [0.2, 0.25) is 0 Å². The van der Waals surface area contributed by atoms with Crippen molar-refractivity contribution in [3.05, 3.63) is 66.2 Å². The highest BCUT2D eigenvalue weighted by molar-refractivity contribution is 7.99. The first kappa shape index (κ1) is 18.6. The third-order valence-electron chi connectivity index (χ3n) is 3.95. The molecule has 2 aromatic carbocycles. The molecule has 0 aromatic heterocycles. The van der Waals surface area contributed by atoms with E-state index in [-0.39, 0.29) is 11.9 Å². The number of likely N-dealkylation sites (N-methyl/N-ethyl adjacent to an activating group) is 1. The normalized spacial score (nSPS) is 12.1. The minimum Gasteiger partial charge on any atom is -0.354 e. The second-order valence-corrected chi connectivity index (χ2v) is 6.66. The van der Waals surface area contributed by atoms with Gasteiger partial charge in [-0.3, -0.25) is 9.69 Å². The van der Waals surface area contributed by atoms with Gasteiger partial charge in [-0.1, -0.05) is 62.4 Å². The summed E-state index contributed by atoms with van der Waals surface area (Å²) < 4.78 is 0. The zero-order chi connectivity index (χ0) is 17.2. The van der Waals surface area contributed by atoms with Gasteiger partial charge in [-0.05, 0) is 30.8 Å². The molecule has 0 aliphatic heterocycles. The third-order valence-corrected chi connectivity index (χ3v) is 4.97. The maximum atomic E-state index is 12.8. The number of thioether (sulfide) groups is 1. The summed E-state index contributed by atoms with van der Waals surface area (Å²) in [6.07, 6.45) is 0. The van der Waals surface area contributed by atoms with E-state index in [1.165, 1.54) is 4.90 Å². The molecule has 1 amide bonds. The van der Waals surface area contributed by atoms with Crippen LogP contribution < -0.4 is 5.32 Å². The Morgan fingerprint density at radius 3 is 2.17 bits per heavy atom. The molecule has 24 heavy (non-hydrogen) atoms. The van der Waals surface area contributed by atoms with E-state index in [1.54, 1.807) is 11.8 Å². The van der Waals surface area contributed by atoms with E-state index >= 15 is 0 Å². The van der Waals surface area contributed by atoms with E-state index in [2.05, 4.69) is 36.2 Å². The lowest BCUT2D eigenvalue weighted by atomic mass is 10.0. The van der Waals surface area contributed by atoms with E-state index in [9.17, 15) is 4.79 Å². The second-order valence-electron chi connectivity index (χ2n) is 5.49. The molecule has 0 aliphatic rings. The van der Waals surface area contributed by atoms with Gasteiger partial charge < -0.3 is 5.32 Å². The molecule has 0 aliphatic carbocycles. The Morgan fingerprint density at radius 1 is 1.00 bits per heavy atom. The first-order chi connectivity index (χ1) is 11.8. The summed E-state index contributed by atoms with van der Waals surface area (Å²) in [5.74, 6) is 0.953. The average molecular weight is 343 g/mol. The van der Waals surface area contributed by atoms with Crippen LogP contribution in [0.4, 0.5) is 0 Å². The zero-order valence-corrected chi connectivity index (χ0v) is 15.3. The molecule has 0 saturated carbocycles. The number of nitrogens with zero attached hydrogens (tertiary/aromatic N) is 1. The minimum atomic E-state index is -0.220. The molecule has 1 unspecified atom stereocenters. The molecule has 0 radical (unpaired) electrons. The largest absolute Gasteiger partial charge is 0.354 e. The Hall–Kier alpha value is -1.78. The lowest BCUT2D eigenvalue weighted by Gasteiger charge is -2.29. The number of amides is 1. The van der Waals surface area contributed by atoms with Crippen LogP contribution in [0.25, 0.3) is 0 Å². The van der Waals surface area contributed by atoms with E-state index in [0.717, 1.165) is 24.4 Å². The first-order valence-corrected chi connectivity index (χ1v) is 9.49. The van der Waals surface area contributed by atoms with E-state index < -0.39 is 0 Å². The minimum absolute atomic E-state index is 0.0820. The highest BCUT2D eigenvalue weighted by Crippen LogP contribution is 2.21. The summed E-state index contributed by atoms with van der Waals surface area (Å²) in [5.41, 5.74) is 1.05. The van der Waals surface area contributed by atoms with Gasteiger partial charge in [0.25, 0.3) is 0 Å². The van der Waals surface area contributed by atoms with Crippen molar-refractivity contribution in [2.45, 2.75) is 24.8 Å². The van der Waals surface area contributed by atoms with E-state index in [1.807, 2.05) is 48.5 Å². The quantitative estimate of drug-likeness (QED) is 0.553. The molecule has 1 N–H and O–H groups in total. The number of nitrogens with one attached hydrogen (secondary N) is 1. The molecule has 3 nitrogen and oxygen atoms in total.